The molecule has 6 heteroatoms. The van der Waals surface area contributed by atoms with E-state index in [2.05, 4.69) is 184 Å². The molecule has 10 rings (SSSR count). The third-order valence-corrected chi connectivity index (χ3v) is 13.2. The van der Waals surface area contributed by atoms with Crippen LogP contribution in [0.5, 0.6) is 0 Å². The lowest BCUT2D eigenvalue weighted by Gasteiger charge is -2.39. The lowest BCUT2D eigenvalue weighted by molar-refractivity contribution is 0.521. The molecule has 0 amide bonds. The number of hydrogen-bond acceptors (Lipinski definition) is 6. The van der Waals surface area contributed by atoms with Crippen molar-refractivity contribution in [3.05, 3.63) is 120 Å². The minimum atomic E-state index is -0.317. The van der Waals surface area contributed by atoms with Gasteiger partial charge in [-0.1, -0.05) is 60.7 Å². The molecular formula is C46H42N4OS. The van der Waals surface area contributed by atoms with E-state index in [9.17, 15) is 0 Å². The smallest absolute Gasteiger partial charge is 0.143 e. The lowest BCUT2D eigenvalue weighted by atomic mass is 9.98. The van der Waals surface area contributed by atoms with Gasteiger partial charge in [0.15, 0.2) is 0 Å². The van der Waals surface area contributed by atoms with E-state index in [4.69, 9.17) is 4.42 Å². The average molecular weight is 699 g/mol. The molecule has 0 radical (unpaired) electrons. The molecular weight excluding hydrogens is 657 g/mol. The number of hydrogen-bond donors (Lipinski definition) is 0. The number of benzene rings is 6. The molecule has 4 heterocycles. The van der Waals surface area contributed by atoms with Gasteiger partial charge in [-0.05, 0) is 101 Å². The molecule has 0 saturated carbocycles. The van der Waals surface area contributed by atoms with Crippen molar-refractivity contribution in [1.82, 2.24) is 0 Å². The van der Waals surface area contributed by atoms with Crippen molar-refractivity contribution in [2.75, 3.05) is 33.7 Å². The Labute approximate surface area is 308 Å². The standard InChI is InChI=1S/C46H42N4OS/c1-27-23-40-33(25-38(27)49-36-20-11-10-19-35(36)47(7)45(49,3)4)32-18-13-17-31(44(32)51-40)30-16-14-21-37-43(30)48(8)46(5,6)50(37)39-26-34-29-15-9-12-22-41(29)52-42(34)24-28(39)2/h9-26H,1-8H3. The quantitative estimate of drug-likeness (QED) is 0.183. The molecule has 2 aliphatic rings. The Kier molecular flexibility index (Phi) is 6.35. The van der Waals surface area contributed by atoms with Crippen LogP contribution < -0.4 is 19.6 Å². The van der Waals surface area contributed by atoms with E-state index in [0.717, 1.165) is 27.5 Å². The van der Waals surface area contributed by atoms with Crippen LogP contribution in [0.25, 0.3) is 53.2 Å². The maximum Gasteiger partial charge on any atom is 0.143 e. The molecule has 0 unspecified atom stereocenters. The molecule has 0 spiro atoms. The van der Waals surface area contributed by atoms with Crippen LogP contribution in [-0.4, -0.2) is 25.4 Å². The van der Waals surface area contributed by atoms with Gasteiger partial charge in [0.2, 0.25) is 0 Å². The topological polar surface area (TPSA) is 26.1 Å². The predicted molar refractivity (Wildman–Crippen MR) is 224 cm³/mol. The predicted octanol–water partition coefficient (Wildman–Crippen LogP) is 12.9. The zero-order valence-corrected chi connectivity index (χ0v) is 31.8. The number of rotatable bonds is 3. The van der Waals surface area contributed by atoms with Gasteiger partial charge < -0.3 is 24.0 Å². The third kappa shape index (κ3) is 4.04. The highest BCUT2D eigenvalue weighted by Gasteiger charge is 2.44. The summed E-state index contributed by atoms with van der Waals surface area (Å²) in [4.78, 5) is 9.83. The van der Waals surface area contributed by atoms with E-state index >= 15 is 0 Å². The van der Waals surface area contributed by atoms with Crippen LogP contribution in [0.4, 0.5) is 34.1 Å². The van der Waals surface area contributed by atoms with Crippen molar-refractivity contribution in [3.63, 3.8) is 0 Å². The van der Waals surface area contributed by atoms with Gasteiger partial charge in [0.1, 0.15) is 22.5 Å². The molecule has 0 fully saturated rings. The second-order valence-electron chi connectivity index (χ2n) is 15.6. The van der Waals surface area contributed by atoms with E-state index < -0.39 is 0 Å². The molecule has 5 nitrogen and oxygen atoms in total. The molecule has 8 aromatic rings. The number of thiophene rings is 1. The molecule has 0 atom stereocenters. The van der Waals surface area contributed by atoms with E-state index in [-0.39, 0.29) is 11.3 Å². The molecule has 0 saturated heterocycles. The second-order valence-corrected chi connectivity index (χ2v) is 16.7. The van der Waals surface area contributed by atoms with Crippen LogP contribution in [0.15, 0.2) is 114 Å². The van der Waals surface area contributed by atoms with Gasteiger partial charge in [-0.15, -0.1) is 11.3 Å². The van der Waals surface area contributed by atoms with Crippen LogP contribution in [0.1, 0.15) is 38.8 Å². The van der Waals surface area contributed by atoms with E-state index in [1.165, 1.54) is 71.0 Å². The average Bonchev–Trinajstić information content (AvgIpc) is 3.79. The van der Waals surface area contributed by atoms with Gasteiger partial charge in [-0.2, -0.15) is 0 Å². The summed E-state index contributed by atoms with van der Waals surface area (Å²) in [5, 5.41) is 4.91. The first-order chi connectivity index (χ1) is 25.0. The van der Waals surface area contributed by atoms with Crippen molar-refractivity contribution in [3.8, 4) is 11.1 Å². The zero-order valence-electron chi connectivity index (χ0n) is 31.0. The minimum absolute atomic E-state index is 0.236. The molecule has 0 N–H and O–H groups in total. The fourth-order valence-corrected chi connectivity index (χ4v) is 10.2. The van der Waals surface area contributed by atoms with Crippen LogP contribution >= 0.6 is 11.3 Å². The van der Waals surface area contributed by atoms with Crippen LogP contribution in [0.2, 0.25) is 0 Å². The summed E-state index contributed by atoms with van der Waals surface area (Å²) in [6, 6.07) is 40.2. The molecule has 52 heavy (non-hydrogen) atoms. The molecule has 0 aliphatic carbocycles. The molecule has 2 aromatic heterocycles. The Morgan fingerprint density at radius 1 is 0.500 bits per heavy atom. The maximum atomic E-state index is 6.88. The Morgan fingerprint density at radius 3 is 1.90 bits per heavy atom. The summed E-state index contributed by atoms with van der Waals surface area (Å²) in [5.41, 5.74) is 13.4. The van der Waals surface area contributed by atoms with Crippen molar-refractivity contribution in [2.45, 2.75) is 52.9 Å². The minimum Gasteiger partial charge on any atom is -0.455 e. The first kappa shape index (κ1) is 31.3. The third-order valence-electron chi connectivity index (χ3n) is 12.1. The Bertz CT molecular complexity index is 2790. The molecule has 2 aliphatic heterocycles. The van der Waals surface area contributed by atoms with E-state index in [1.54, 1.807) is 0 Å². The van der Waals surface area contributed by atoms with E-state index in [0.29, 0.717) is 0 Å². The van der Waals surface area contributed by atoms with Crippen molar-refractivity contribution in [2.24, 2.45) is 0 Å². The molecule has 0 bridgehead atoms. The highest BCUT2D eigenvalue weighted by molar-refractivity contribution is 7.25. The SMILES string of the molecule is Cc1cc2oc3c(-c4cccc5c4N(C)C(C)(C)N5c4cc5c(cc4C)sc4ccccc45)cccc3c2cc1N1c2ccccc2N(C)C1(C)C. The van der Waals surface area contributed by atoms with E-state index in [1.807, 2.05) is 11.3 Å². The van der Waals surface area contributed by atoms with Gasteiger partial charge in [0.05, 0.1) is 22.7 Å². The second kappa shape index (κ2) is 10.5. The van der Waals surface area contributed by atoms with Gasteiger partial charge >= 0.3 is 0 Å². The Hall–Kier alpha value is -5.46. The Morgan fingerprint density at radius 2 is 1.10 bits per heavy atom. The number of furan rings is 1. The van der Waals surface area contributed by atoms with Crippen molar-refractivity contribution in [1.29, 1.82) is 0 Å². The van der Waals surface area contributed by atoms with Crippen LogP contribution in [0, 0.1) is 13.8 Å². The fraction of sp³-hybridized carbons (Fsp3) is 0.217. The first-order valence-corrected chi connectivity index (χ1v) is 19.0. The zero-order chi connectivity index (χ0) is 35.8. The summed E-state index contributed by atoms with van der Waals surface area (Å²) in [6.45, 7) is 13.7. The Balaban J connectivity index is 1.15. The van der Waals surface area contributed by atoms with Crippen LogP contribution in [0.3, 0.4) is 0 Å². The maximum absolute atomic E-state index is 6.88. The van der Waals surface area contributed by atoms with Crippen molar-refractivity contribution < 1.29 is 4.42 Å². The largest absolute Gasteiger partial charge is 0.455 e. The number of fused-ring (bicyclic) bond motifs is 8. The van der Waals surface area contributed by atoms with Gasteiger partial charge in [-0.25, -0.2) is 0 Å². The summed E-state index contributed by atoms with van der Waals surface area (Å²) < 4.78 is 9.54. The molecule has 258 valence electrons. The monoisotopic (exact) mass is 698 g/mol. The van der Waals surface area contributed by atoms with Gasteiger partial charge in [0.25, 0.3) is 0 Å². The summed E-state index contributed by atoms with van der Waals surface area (Å²) >= 11 is 1.88. The van der Waals surface area contributed by atoms with Crippen molar-refractivity contribution >= 4 is 87.6 Å². The van der Waals surface area contributed by atoms with Crippen LogP contribution in [-0.2, 0) is 0 Å². The fourth-order valence-electron chi connectivity index (χ4n) is 9.01. The van der Waals surface area contributed by atoms with Gasteiger partial charge in [0, 0.05) is 67.5 Å². The summed E-state index contributed by atoms with van der Waals surface area (Å²) in [7, 11) is 4.42. The number of para-hydroxylation sites is 4. The summed E-state index contributed by atoms with van der Waals surface area (Å²) in [6.07, 6.45) is 0. The number of anilines is 6. The highest BCUT2D eigenvalue weighted by atomic mass is 32.1. The first-order valence-electron chi connectivity index (χ1n) is 18.1. The number of nitrogens with zero attached hydrogens (tertiary/aromatic N) is 4. The normalized spacial score (nSPS) is 16.2. The molecule has 6 aromatic carbocycles. The number of aryl methyl sites for hydroxylation is 2. The van der Waals surface area contributed by atoms with Gasteiger partial charge in [-0.3, -0.25) is 0 Å². The summed E-state index contributed by atoms with van der Waals surface area (Å²) in [5.74, 6) is 0. The highest BCUT2D eigenvalue weighted by Crippen LogP contribution is 2.55. The lowest BCUT2D eigenvalue weighted by Crippen LogP contribution is -2.48.